The highest BCUT2D eigenvalue weighted by atomic mass is 32.2. The molecule has 0 heterocycles. The number of rotatable bonds is 1. The van der Waals surface area contributed by atoms with Gasteiger partial charge >= 0.3 is 0 Å². The zero-order chi connectivity index (χ0) is 7.98. The van der Waals surface area contributed by atoms with E-state index in [-0.39, 0.29) is 5.11 Å². The maximum atomic E-state index is 5.14. The average molecular weight is 195 g/mol. The molecule has 0 aromatic rings. The molecule has 0 aromatic carbocycles. The van der Waals surface area contributed by atoms with Gasteiger partial charge in [0.2, 0.25) is 0 Å². The standard InChI is InChI=1S/C4H9N3S3/c1-9-4(10-2)7-6-3(5)8/h1-2H3,(H3,5,6,8). The quantitative estimate of drug-likeness (QED) is 0.281. The third kappa shape index (κ3) is 4.89. The molecule has 0 aliphatic heterocycles. The Morgan fingerprint density at radius 2 is 2.00 bits per heavy atom. The summed E-state index contributed by atoms with van der Waals surface area (Å²) in [4.78, 5) is 0. The second kappa shape index (κ2) is 5.82. The van der Waals surface area contributed by atoms with Gasteiger partial charge in [0.1, 0.15) is 4.38 Å². The van der Waals surface area contributed by atoms with Crippen molar-refractivity contribution in [2.45, 2.75) is 0 Å². The number of nitrogens with zero attached hydrogens (tertiary/aromatic N) is 1. The van der Waals surface area contributed by atoms with Crippen molar-refractivity contribution < 1.29 is 0 Å². The number of thioether (sulfide) groups is 2. The van der Waals surface area contributed by atoms with Crippen molar-refractivity contribution in [2.24, 2.45) is 10.8 Å². The van der Waals surface area contributed by atoms with Gasteiger partial charge in [-0.3, -0.25) is 5.43 Å². The van der Waals surface area contributed by atoms with E-state index in [1.54, 1.807) is 23.5 Å². The van der Waals surface area contributed by atoms with E-state index in [1.807, 2.05) is 12.5 Å². The summed E-state index contributed by atoms with van der Waals surface area (Å²) in [6.45, 7) is 0. The van der Waals surface area contributed by atoms with Crippen LogP contribution < -0.4 is 11.2 Å². The molecule has 0 aromatic heterocycles. The summed E-state index contributed by atoms with van der Waals surface area (Å²) >= 11 is 7.65. The predicted molar refractivity (Wildman–Crippen MR) is 54.4 cm³/mol. The third-order valence-corrected chi connectivity index (χ3v) is 2.58. The van der Waals surface area contributed by atoms with Gasteiger partial charge in [0.05, 0.1) is 0 Å². The molecule has 0 aliphatic rings. The molecule has 0 spiro atoms. The fraction of sp³-hybridized carbons (Fsp3) is 0.500. The van der Waals surface area contributed by atoms with E-state index in [0.29, 0.717) is 0 Å². The Hall–Kier alpha value is 0.0600. The van der Waals surface area contributed by atoms with Crippen molar-refractivity contribution in [3.63, 3.8) is 0 Å². The summed E-state index contributed by atoms with van der Waals surface area (Å²) in [6.07, 6.45) is 3.88. The van der Waals surface area contributed by atoms with E-state index in [0.717, 1.165) is 4.38 Å². The van der Waals surface area contributed by atoms with Crippen LogP contribution in [-0.4, -0.2) is 22.0 Å². The number of nitrogens with two attached hydrogens (primary N) is 1. The molecule has 0 amide bonds. The van der Waals surface area contributed by atoms with Crippen LogP contribution in [0.15, 0.2) is 5.10 Å². The summed E-state index contributed by atoms with van der Waals surface area (Å²) in [5, 5.41) is 4.08. The zero-order valence-corrected chi connectivity index (χ0v) is 8.20. The number of hydrazone groups is 1. The Morgan fingerprint density at radius 3 is 2.30 bits per heavy atom. The van der Waals surface area contributed by atoms with Gasteiger partial charge in [-0.05, 0) is 24.7 Å². The van der Waals surface area contributed by atoms with Gasteiger partial charge in [-0.15, -0.1) is 23.5 Å². The summed E-state index contributed by atoms with van der Waals surface area (Å²) in [5.74, 6) is 0. The summed E-state index contributed by atoms with van der Waals surface area (Å²) in [6, 6.07) is 0. The van der Waals surface area contributed by atoms with Gasteiger partial charge in [0.15, 0.2) is 5.11 Å². The fourth-order valence-corrected chi connectivity index (χ4v) is 1.26. The molecule has 0 fully saturated rings. The molecular weight excluding hydrogens is 186 g/mol. The lowest BCUT2D eigenvalue weighted by Crippen LogP contribution is -2.24. The van der Waals surface area contributed by atoms with Gasteiger partial charge in [-0.1, -0.05) is 0 Å². The fourth-order valence-electron chi connectivity index (χ4n) is 0.275. The van der Waals surface area contributed by atoms with Crippen LogP contribution in [0.2, 0.25) is 0 Å². The maximum Gasteiger partial charge on any atom is 0.184 e. The molecule has 0 aliphatic carbocycles. The normalized spacial score (nSPS) is 8.60. The molecule has 0 atom stereocenters. The van der Waals surface area contributed by atoms with E-state index in [4.69, 9.17) is 5.73 Å². The second-order valence-corrected chi connectivity index (χ2v) is 3.55. The summed E-state index contributed by atoms with van der Waals surface area (Å²) in [7, 11) is 0. The minimum atomic E-state index is 0.195. The number of thiocarbonyl (C=S) groups is 1. The van der Waals surface area contributed by atoms with Gasteiger partial charge < -0.3 is 5.73 Å². The lowest BCUT2D eigenvalue weighted by molar-refractivity contribution is 1.04. The van der Waals surface area contributed by atoms with Gasteiger partial charge in [-0.25, -0.2) is 0 Å². The van der Waals surface area contributed by atoms with Gasteiger partial charge in [-0.2, -0.15) is 5.10 Å². The molecule has 0 rings (SSSR count). The highest BCUT2D eigenvalue weighted by Gasteiger charge is 1.91. The first-order valence-corrected chi connectivity index (χ1v) is 5.27. The van der Waals surface area contributed by atoms with Crippen molar-refractivity contribution in [1.82, 2.24) is 5.43 Å². The molecule has 0 unspecified atom stereocenters. The van der Waals surface area contributed by atoms with Crippen molar-refractivity contribution in [2.75, 3.05) is 12.5 Å². The minimum Gasteiger partial charge on any atom is -0.375 e. The van der Waals surface area contributed by atoms with E-state index >= 15 is 0 Å². The van der Waals surface area contributed by atoms with Crippen molar-refractivity contribution in [3.05, 3.63) is 0 Å². The highest BCUT2D eigenvalue weighted by Crippen LogP contribution is 2.08. The van der Waals surface area contributed by atoms with Crippen LogP contribution in [0.5, 0.6) is 0 Å². The largest absolute Gasteiger partial charge is 0.375 e. The lowest BCUT2D eigenvalue weighted by atomic mass is 11.2. The molecule has 3 N–H and O–H groups in total. The van der Waals surface area contributed by atoms with E-state index < -0.39 is 0 Å². The second-order valence-electron chi connectivity index (χ2n) is 1.26. The minimum absolute atomic E-state index is 0.195. The van der Waals surface area contributed by atoms with Crippen molar-refractivity contribution in [3.8, 4) is 0 Å². The molecule has 58 valence electrons. The van der Waals surface area contributed by atoms with Crippen LogP contribution in [0.25, 0.3) is 0 Å². The van der Waals surface area contributed by atoms with E-state index in [9.17, 15) is 0 Å². The molecule has 6 heteroatoms. The van der Waals surface area contributed by atoms with Crippen LogP contribution in [0, 0.1) is 0 Å². The molecule has 0 saturated heterocycles. The molecule has 0 saturated carbocycles. The average Bonchev–Trinajstić information content (AvgIpc) is 1.90. The van der Waals surface area contributed by atoms with E-state index in [2.05, 4.69) is 22.7 Å². The van der Waals surface area contributed by atoms with Crippen LogP contribution in [0.3, 0.4) is 0 Å². The number of nitrogens with one attached hydrogen (secondary N) is 1. The molecule has 10 heavy (non-hydrogen) atoms. The number of hydrogen-bond donors (Lipinski definition) is 2. The Balaban J connectivity index is 3.74. The highest BCUT2D eigenvalue weighted by molar-refractivity contribution is 8.38. The van der Waals surface area contributed by atoms with Crippen LogP contribution >= 0.6 is 35.7 Å². The zero-order valence-electron chi connectivity index (χ0n) is 5.75. The third-order valence-electron chi connectivity index (χ3n) is 0.607. The predicted octanol–water partition coefficient (Wildman–Crippen LogP) is 0.817. The van der Waals surface area contributed by atoms with Crippen LogP contribution in [0.1, 0.15) is 0 Å². The lowest BCUT2D eigenvalue weighted by Gasteiger charge is -1.98. The van der Waals surface area contributed by atoms with Crippen molar-refractivity contribution in [1.29, 1.82) is 0 Å². The Labute approximate surface area is 74.2 Å². The SMILES string of the molecule is CSC(=NNC(N)=S)SC. The first kappa shape index (κ1) is 10.1. The number of hydrogen-bond acceptors (Lipinski definition) is 4. The topological polar surface area (TPSA) is 50.4 Å². The van der Waals surface area contributed by atoms with Gasteiger partial charge in [0, 0.05) is 0 Å². The van der Waals surface area contributed by atoms with Crippen LogP contribution in [0.4, 0.5) is 0 Å². The Bertz CT molecular complexity index is 139. The Morgan fingerprint density at radius 1 is 1.50 bits per heavy atom. The summed E-state index contributed by atoms with van der Waals surface area (Å²) in [5.41, 5.74) is 7.65. The van der Waals surface area contributed by atoms with E-state index in [1.165, 1.54) is 0 Å². The first-order chi connectivity index (χ1) is 4.70. The van der Waals surface area contributed by atoms with Gasteiger partial charge in [0.25, 0.3) is 0 Å². The van der Waals surface area contributed by atoms with Crippen LogP contribution in [-0.2, 0) is 0 Å². The molecule has 3 nitrogen and oxygen atoms in total. The smallest absolute Gasteiger partial charge is 0.184 e. The maximum absolute atomic E-state index is 5.14. The summed E-state index contributed by atoms with van der Waals surface area (Å²) < 4.78 is 0.910. The Kier molecular flexibility index (Phi) is 5.85. The van der Waals surface area contributed by atoms with Crippen molar-refractivity contribution >= 4 is 45.2 Å². The molecule has 0 bridgehead atoms. The molecule has 0 radical (unpaired) electrons. The monoisotopic (exact) mass is 195 g/mol. The first-order valence-electron chi connectivity index (χ1n) is 2.41. The molecular formula is C4H9N3S3.